The van der Waals surface area contributed by atoms with Crippen molar-refractivity contribution in [3.05, 3.63) is 47.6 Å². The fourth-order valence-electron chi connectivity index (χ4n) is 1.26. The van der Waals surface area contributed by atoms with Gasteiger partial charge in [-0.2, -0.15) is 5.11 Å². The van der Waals surface area contributed by atoms with Crippen LogP contribution in [0.4, 0.5) is 0 Å². The van der Waals surface area contributed by atoms with Crippen LogP contribution in [0.25, 0.3) is 0 Å². The lowest BCUT2D eigenvalue weighted by Crippen LogP contribution is -2.08. The summed E-state index contributed by atoms with van der Waals surface area (Å²) in [5, 5.41) is 3.38. The Kier molecular flexibility index (Phi) is 2.44. The van der Waals surface area contributed by atoms with Crippen molar-refractivity contribution < 1.29 is 9.47 Å². The first kappa shape index (κ1) is 8.74. The summed E-state index contributed by atoms with van der Waals surface area (Å²) in [5.74, 6) is 1.19. The Morgan fingerprint density at radius 1 is 1.21 bits per heavy atom. The molecule has 0 bridgehead atoms. The molecule has 0 spiro atoms. The molecule has 0 aromatic heterocycles. The van der Waals surface area contributed by atoms with Gasteiger partial charge in [-0.15, -0.1) is 0 Å². The maximum atomic E-state index is 6.98. The summed E-state index contributed by atoms with van der Waals surface area (Å²) in [4.78, 5) is 0. The van der Waals surface area contributed by atoms with Gasteiger partial charge in [-0.3, -0.25) is 0 Å². The molecule has 1 N–H and O–H groups in total. The van der Waals surface area contributed by atoms with Crippen LogP contribution in [-0.4, -0.2) is 13.2 Å². The van der Waals surface area contributed by atoms with Crippen molar-refractivity contribution in [1.82, 2.24) is 0 Å². The SMILES string of the molecule is N=NC1=C(C2=CC=CCO2)OCC=C1. The van der Waals surface area contributed by atoms with Crippen molar-refractivity contribution in [3.63, 3.8) is 0 Å². The summed E-state index contributed by atoms with van der Waals surface area (Å²) in [6, 6.07) is 0. The lowest BCUT2D eigenvalue weighted by Gasteiger charge is -2.18. The van der Waals surface area contributed by atoms with E-state index in [1.165, 1.54) is 0 Å². The smallest absolute Gasteiger partial charge is 0.189 e. The molecule has 0 atom stereocenters. The molecule has 14 heavy (non-hydrogen) atoms. The van der Waals surface area contributed by atoms with Crippen LogP contribution in [0.3, 0.4) is 0 Å². The minimum absolute atomic E-state index is 0.498. The summed E-state index contributed by atoms with van der Waals surface area (Å²) in [6.07, 6.45) is 9.18. The minimum Gasteiger partial charge on any atom is -0.486 e. The molecule has 0 fully saturated rings. The van der Waals surface area contributed by atoms with Gasteiger partial charge in [-0.05, 0) is 24.3 Å². The van der Waals surface area contributed by atoms with E-state index < -0.39 is 0 Å². The molecule has 2 heterocycles. The van der Waals surface area contributed by atoms with E-state index in [9.17, 15) is 0 Å². The molecule has 0 aromatic carbocycles. The molecule has 4 nitrogen and oxygen atoms in total. The van der Waals surface area contributed by atoms with Gasteiger partial charge in [0.25, 0.3) is 0 Å². The number of ether oxygens (including phenoxy) is 2. The van der Waals surface area contributed by atoms with Gasteiger partial charge in [0.05, 0.1) is 0 Å². The molecular weight excluding hydrogens is 180 g/mol. The third kappa shape index (κ3) is 1.59. The Bertz CT molecular complexity index is 364. The standard InChI is InChI=1S/C10H10N2O2/c11-12-8-4-3-7-14-10(8)9-5-1-2-6-13-9/h1-5,11H,6-7H2. The van der Waals surface area contributed by atoms with Crippen LogP contribution in [0, 0.1) is 5.53 Å². The topological polar surface area (TPSA) is 54.7 Å². The summed E-state index contributed by atoms with van der Waals surface area (Å²) in [7, 11) is 0. The third-order valence-electron chi connectivity index (χ3n) is 1.90. The van der Waals surface area contributed by atoms with E-state index in [-0.39, 0.29) is 0 Å². The summed E-state index contributed by atoms with van der Waals surface area (Å²) >= 11 is 0. The van der Waals surface area contributed by atoms with Crippen molar-refractivity contribution in [2.75, 3.05) is 13.2 Å². The van der Waals surface area contributed by atoms with E-state index in [2.05, 4.69) is 5.11 Å². The number of allylic oxidation sites excluding steroid dienone is 3. The second-order valence-corrected chi connectivity index (χ2v) is 2.81. The molecule has 0 aliphatic carbocycles. The van der Waals surface area contributed by atoms with E-state index in [0.29, 0.717) is 30.4 Å². The Labute approximate surface area is 81.7 Å². The first-order chi connectivity index (χ1) is 6.92. The van der Waals surface area contributed by atoms with Gasteiger partial charge in [0, 0.05) is 0 Å². The quantitative estimate of drug-likeness (QED) is 0.679. The van der Waals surface area contributed by atoms with E-state index in [1.54, 1.807) is 6.08 Å². The van der Waals surface area contributed by atoms with E-state index >= 15 is 0 Å². The highest BCUT2D eigenvalue weighted by molar-refractivity contribution is 5.36. The second kappa shape index (κ2) is 3.91. The molecule has 0 radical (unpaired) electrons. The molecule has 2 aliphatic rings. The monoisotopic (exact) mass is 190 g/mol. The van der Waals surface area contributed by atoms with Gasteiger partial charge < -0.3 is 9.47 Å². The zero-order valence-electron chi connectivity index (χ0n) is 7.56. The summed E-state index contributed by atoms with van der Waals surface area (Å²) in [6.45, 7) is 1.03. The molecule has 0 saturated heterocycles. The number of hydrogen-bond acceptors (Lipinski definition) is 4. The Morgan fingerprint density at radius 2 is 2.07 bits per heavy atom. The van der Waals surface area contributed by atoms with Crippen LogP contribution < -0.4 is 0 Å². The molecule has 0 unspecified atom stereocenters. The minimum atomic E-state index is 0.498. The van der Waals surface area contributed by atoms with Crippen molar-refractivity contribution in [2.45, 2.75) is 0 Å². The van der Waals surface area contributed by atoms with Gasteiger partial charge in [0.2, 0.25) is 0 Å². The first-order valence-electron chi connectivity index (χ1n) is 4.33. The maximum Gasteiger partial charge on any atom is 0.189 e. The number of nitrogens with zero attached hydrogens (tertiary/aromatic N) is 1. The Hall–Kier alpha value is -1.84. The molecule has 4 heteroatoms. The van der Waals surface area contributed by atoms with Gasteiger partial charge >= 0.3 is 0 Å². The van der Waals surface area contributed by atoms with Gasteiger partial charge in [0.1, 0.15) is 18.9 Å². The largest absolute Gasteiger partial charge is 0.486 e. The molecule has 72 valence electrons. The van der Waals surface area contributed by atoms with Crippen molar-refractivity contribution in [3.8, 4) is 0 Å². The average Bonchev–Trinajstić information content (AvgIpc) is 2.30. The average molecular weight is 190 g/mol. The number of hydrogen-bond donors (Lipinski definition) is 1. The van der Waals surface area contributed by atoms with Gasteiger partial charge in [-0.1, -0.05) is 6.08 Å². The van der Waals surface area contributed by atoms with Crippen LogP contribution in [-0.2, 0) is 9.47 Å². The van der Waals surface area contributed by atoms with Crippen molar-refractivity contribution in [1.29, 1.82) is 5.53 Å². The Balaban J connectivity index is 2.34. The second-order valence-electron chi connectivity index (χ2n) is 2.81. The number of nitrogens with one attached hydrogen (secondary N) is 1. The van der Waals surface area contributed by atoms with Crippen LogP contribution in [0.1, 0.15) is 0 Å². The van der Waals surface area contributed by atoms with Crippen molar-refractivity contribution in [2.24, 2.45) is 5.11 Å². The zero-order valence-corrected chi connectivity index (χ0v) is 7.56. The molecule has 0 amide bonds. The highest BCUT2D eigenvalue weighted by atomic mass is 16.5. The maximum absolute atomic E-state index is 6.98. The molecular formula is C10H10N2O2. The lowest BCUT2D eigenvalue weighted by molar-refractivity contribution is 0.174. The normalized spacial score (nSPS) is 19.9. The number of rotatable bonds is 2. The van der Waals surface area contributed by atoms with Gasteiger partial charge in [0.15, 0.2) is 11.5 Å². The van der Waals surface area contributed by atoms with Crippen molar-refractivity contribution >= 4 is 0 Å². The first-order valence-corrected chi connectivity index (χ1v) is 4.33. The van der Waals surface area contributed by atoms with E-state index in [0.717, 1.165) is 0 Å². The highest BCUT2D eigenvalue weighted by Gasteiger charge is 2.16. The van der Waals surface area contributed by atoms with Crippen LogP contribution in [0.2, 0.25) is 0 Å². The van der Waals surface area contributed by atoms with Gasteiger partial charge in [-0.25, -0.2) is 5.53 Å². The predicted octanol–water partition coefficient (Wildman–Crippen LogP) is 2.29. The van der Waals surface area contributed by atoms with Crippen LogP contribution in [0.15, 0.2) is 52.7 Å². The van der Waals surface area contributed by atoms with Crippen LogP contribution in [0.5, 0.6) is 0 Å². The van der Waals surface area contributed by atoms with E-state index in [4.69, 9.17) is 15.0 Å². The summed E-state index contributed by atoms with van der Waals surface area (Å²) in [5.41, 5.74) is 7.48. The Morgan fingerprint density at radius 3 is 2.79 bits per heavy atom. The van der Waals surface area contributed by atoms with Crippen LogP contribution >= 0.6 is 0 Å². The lowest BCUT2D eigenvalue weighted by atomic mass is 10.2. The summed E-state index contributed by atoms with van der Waals surface area (Å²) < 4.78 is 10.7. The fraction of sp³-hybridized carbons (Fsp3) is 0.200. The zero-order chi connectivity index (χ0) is 9.80. The highest BCUT2D eigenvalue weighted by Crippen LogP contribution is 2.24. The predicted molar refractivity (Wildman–Crippen MR) is 50.4 cm³/mol. The molecule has 0 saturated carbocycles. The molecule has 2 rings (SSSR count). The molecule has 0 aromatic rings. The molecule has 2 aliphatic heterocycles. The fourth-order valence-corrected chi connectivity index (χ4v) is 1.26. The van der Waals surface area contributed by atoms with E-state index in [1.807, 2.05) is 24.3 Å². The third-order valence-corrected chi connectivity index (χ3v) is 1.90.